The minimum atomic E-state index is -0.345. The summed E-state index contributed by atoms with van der Waals surface area (Å²) in [5, 5.41) is 0. The molecule has 0 aliphatic carbocycles. The van der Waals surface area contributed by atoms with Crippen LogP contribution in [0.1, 0.15) is 44.5 Å². The molecule has 4 nitrogen and oxygen atoms in total. The molecule has 0 fully saturated rings. The van der Waals surface area contributed by atoms with Crippen LogP contribution in [0.15, 0.2) is 18.2 Å². The zero-order valence-electron chi connectivity index (χ0n) is 12.1. The Morgan fingerprint density at radius 2 is 2.00 bits per heavy atom. The molecule has 2 N–H and O–H groups in total. The Hall–Kier alpha value is -1.71. The standard InChI is InChI=1S/C15H23NO3/c1-5-18-14-7-6-12(9-13(14)16)15(17)19-11(4)8-10(2)3/h6-7,9-11H,5,8,16H2,1-4H3. The number of nitrogens with two attached hydrogens (primary N) is 1. The maximum atomic E-state index is 11.9. The van der Waals surface area contributed by atoms with Crippen LogP contribution < -0.4 is 10.5 Å². The molecule has 1 unspecified atom stereocenters. The number of hydrogen-bond acceptors (Lipinski definition) is 4. The molecule has 0 aromatic heterocycles. The second-order valence-corrected chi connectivity index (χ2v) is 5.03. The van der Waals surface area contributed by atoms with Gasteiger partial charge in [-0.3, -0.25) is 0 Å². The van der Waals surface area contributed by atoms with Gasteiger partial charge in [-0.25, -0.2) is 4.79 Å². The van der Waals surface area contributed by atoms with E-state index in [9.17, 15) is 4.79 Å². The molecule has 1 aromatic carbocycles. The van der Waals surface area contributed by atoms with Crippen molar-refractivity contribution < 1.29 is 14.3 Å². The maximum Gasteiger partial charge on any atom is 0.338 e. The van der Waals surface area contributed by atoms with E-state index in [1.165, 1.54) is 0 Å². The summed E-state index contributed by atoms with van der Waals surface area (Å²) in [6, 6.07) is 4.96. The third-order valence-electron chi connectivity index (χ3n) is 2.66. The van der Waals surface area contributed by atoms with Crippen LogP contribution in [-0.2, 0) is 4.74 Å². The lowest BCUT2D eigenvalue weighted by Crippen LogP contribution is -2.17. The van der Waals surface area contributed by atoms with Gasteiger partial charge in [0.15, 0.2) is 0 Å². The quantitative estimate of drug-likeness (QED) is 0.633. The Bertz CT molecular complexity index is 429. The lowest BCUT2D eigenvalue weighted by molar-refractivity contribution is 0.0299. The van der Waals surface area contributed by atoms with E-state index in [1.807, 2.05) is 13.8 Å². The topological polar surface area (TPSA) is 61.5 Å². The predicted octanol–water partition coefficient (Wildman–Crippen LogP) is 3.26. The molecule has 0 heterocycles. The van der Waals surface area contributed by atoms with Crippen molar-refractivity contribution in [3.63, 3.8) is 0 Å². The SMILES string of the molecule is CCOc1ccc(C(=O)OC(C)CC(C)C)cc1N. The van der Waals surface area contributed by atoms with E-state index in [4.69, 9.17) is 15.2 Å². The zero-order chi connectivity index (χ0) is 14.4. The molecule has 0 saturated heterocycles. The highest BCUT2D eigenvalue weighted by atomic mass is 16.5. The van der Waals surface area contributed by atoms with E-state index < -0.39 is 0 Å². The molecule has 0 radical (unpaired) electrons. The number of esters is 1. The average molecular weight is 265 g/mol. The lowest BCUT2D eigenvalue weighted by atomic mass is 10.1. The van der Waals surface area contributed by atoms with Gasteiger partial charge in [0.25, 0.3) is 0 Å². The molecule has 106 valence electrons. The maximum absolute atomic E-state index is 11.9. The van der Waals surface area contributed by atoms with Gasteiger partial charge in [0.1, 0.15) is 5.75 Å². The molecule has 0 bridgehead atoms. The fraction of sp³-hybridized carbons (Fsp3) is 0.533. The summed E-state index contributed by atoms with van der Waals surface area (Å²) in [5.41, 5.74) is 6.73. The summed E-state index contributed by atoms with van der Waals surface area (Å²) in [7, 11) is 0. The molecule has 0 aliphatic rings. The van der Waals surface area contributed by atoms with Crippen LogP contribution in [0.2, 0.25) is 0 Å². The zero-order valence-corrected chi connectivity index (χ0v) is 12.1. The van der Waals surface area contributed by atoms with E-state index in [0.29, 0.717) is 29.5 Å². The van der Waals surface area contributed by atoms with Gasteiger partial charge in [-0.2, -0.15) is 0 Å². The summed E-state index contributed by atoms with van der Waals surface area (Å²) in [6.45, 7) is 8.52. The van der Waals surface area contributed by atoms with Crippen molar-refractivity contribution in [2.75, 3.05) is 12.3 Å². The van der Waals surface area contributed by atoms with E-state index >= 15 is 0 Å². The largest absolute Gasteiger partial charge is 0.492 e. The van der Waals surface area contributed by atoms with Gasteiger partial charge in [-0.15, -0.1) is 0 Å². The Labute approximate surface area is 114 Å². The van der Waals surface area contributed by atoms with E-state index in [0.717, 1.165) is 6.42 Å². The molecule has 19 heavy (non-hydrogen) atoms. The molecule has 0 spiro atoms. The van der Waals surface area contributed by atoms with E-state index in [1.54, 1.807) is 18.2 Å². The fourth-order valence-electron chi connectivity index (χ4n) is 1.93. The molecule has 1 aromatic rings. The van der Waals surface area contributed by atoms with Gasteiger partial charge < -0.3 is 15.2 Å². The summed E-state index contributed by atoms with van der Waals surface area (Å²) >= 11 is 0. The van der Waals surface area contributed by atoms with E-state index in [2.05, 4.69) is 13.8 Å². The smallest absolute Gasteiger partial charge is 0.338 e. The first-order valence-electron chi connectivity index (χ1n) is 6.67. The van der Waals surface area contributed by atoms with Crippen LogP contribution in [0.4, 0.5) is 5.69 Å². The summed E-state index contributed by atoms with van der Waals surface area (Å²) in [6.07, 6.45) is 0.749. The number of anilines is 1. The monoisotopic (exact) mass is 265 g/mol. The van der Waals surface area contributed by atoms with Crippen LogP contribution in [0.25, 0.3) is 0 Å². The van der Waals surface area contributed by atoms with Crippen molar-refractivity contribution in [1.82, 2.24) is 0 Å². The third kappa shape index (κ3) is 4.81. The highest BCUT2D eigenvalue weighted by Crippen LogP contribution is 2.23. The molecular formula is C15H23NO3. The van der Waals surface area contributed by atoms with Crippen molar-refractivity contribution >= 4 is 11.7 Å². The second kappa shape index (κ2) is 7.02. The molecule has 4 heteroatoms. The normalized spacial score (nSPS) is 12.3. The van der Waals surface area contributed by atoms with E-state index in [-0.39, 0.29) is 12.1 Å². The number of ether oxygens (including phenoxy) is 2. The van der Waals surface area contributed by atoms with Gasteiger partial charge in [0.2, 0.25) is 0 Å². The Morgan fingerprint density at radius 1 is 1.32 bits per heavy atom. The fourth-order valence-corrected chi connectivity index (χ4v) is 1.93. The van der Waals surface area contributed by atoms with Gasteiger partial charge >= 0.3 is 5.97 Å². The minimum Gasteiger partial charge on any atom is -0.492 e. The average Bonchev–Trinajstić information content (AvgIpc) is 2.30. The summed E-state index contributed by atoms with van der Waals surface area (Å²) < 4.78 is 10.7. The van der Waals surface area contributed by atoms with Gasteiger partial charge in [-0.1, -0.05) is 13.8 Å². The Kier molecular flexibility index (Phi) is 5.67. The first-order chi connectivity index (χ1) is 8.93. The number of carbonyl (C=O) groups is 1. The minimum absolute atomic E-state index is 0.0970. The molecular weight excluding hydrogens is 242 g/mol. The highest BCUT2D eigenvalue weighted by Gasteiger charge is 2.14. The number of nitrogen functional groups attached to an aromatic ring is 1. The van der Waals surface area contributed by atoms with Crippen molar-refractivity contribution in [3.8, 4) is 5.75 Å². The van der Waals surface area contributed by atoms with Gasteiger partial charge in [-0.05, 0) is 44.4 Å². The summed E-state index contributed by atoms with van der Waals surface area (Å²) in [4.78, 5) is 11.9. The van der Waals surface area contributed by atoms with Crippen molar-refractivity contribution in [3.05, 3.63) is 23.8 Å². The van der Waals surface area contributed by atoms with Crippen LogP contribution in [0, 0.1) is 5.92 Å². The van der Waals surface area contributed by atoms with Crippen LogP contribution in [0.5, 0.6) is 5.75 Å². The first-order valence-corrected chi connectivity index (χ1v) is 6.67. The second-order valence-electron chi connectivity index (χ2n) is 5.03. The van der Waals surface area contributed by atoms with Crippen LogP contribution in [0.3, 0.4) is 0 Å². The third-order valence-corrected chi connectivity index (χ3v) is 2.66. The van der Waals surface area contributed by atoms with Crippen LogP contribution >= 0.6 is 0 Å². The number of carbonyl (C=O) groups excluding carboxylic acids is 1. The van der Waals surface area contributed by atoms with Crippen molar-refractivity contribution in [2.45, 2.75) is 40.2 Å². The molecule has 0 saturated carbocycles. The first kappa shape index (κ1) is 15.3. The Morgan fingerprint density at radius 3 is 2.53 bits per heavy atom. The number of hydrogen-bond donors (Lipinski definition) is 1. The summed E-state index contributed by atoms with van der Waals surface area (Å²) in [5.74, 6) is 0.741. The van der Waals surface area contributed by atoms with Crippen LogP contribution in [-0.4, -0.2) is 18.7 Å². The predicted molar refractivity (Wildman–Crippen MR) is 76.4 cm³/mol. The molecule has 1 rings (SSSR count). The van der Waals surface area contributed by atoms with Gasteiger partial charge in [0, 0.05) is 0 Å². The van der Waals surface area contributed by atoms with Crippen molar-refractivity contribution in [2.24, 2.45) is 5.92 Å². The molecule has 0 aliphatic heterocycles. The van der Waals surface area contributed by atoms with Gasteiger partial charge in [0.05, 0.1) is 24.0 Å². The number of benzene rings is 1. The Balaban J connectivity index is 2.69. The highest BCUT2D eigenvalue weighted by molar-refractivity contribution is 5.91. The van der Waals surface area contributed by atoms with Crippen molar-refractivity contribution in [1.29, 1.82) is 0 Å². The number of rotatable bonds is 6. The molecule has 1 atom stereocenters. The lowest BCUT2D eigenvalue weighted by Gasteiger charge is -2.15. The molecule has 0 amide bonds.